The second kappa shape index (κ2) is 6.58. The average Bonchev–Trinajstić information content (AvgIpc) is 3.13. The number of rotatable bonds is 8. The predicted octanol–water partition coefficient (Wildman–Crippen LogP) is 0.692. The largest absolute Gasteiger partial charge is 0.409 e. The highest BCUT2D eigenvalue weighted by atomic mass is 16.5. The smallest absolute Gasteiger partial charge is 0.233 e. The Bertz CT molecular complexity index is 312. The van der Waals surface area contributed by atoms with E-state index in [1.807, 2.05) is 0 Å². The molecule has 1 rings (SSSR count). The number of amidine groups is 1. The van der Waals surface area contributed by atoms with Crippen LogP contribution in [0.1, 0.15) is 33.1 Å². The number of nitrogens with two attached hydrogens (primary N) is 1. The molecule has 0 aromatic rings. The van der Waals surface area contributed by atoms with Crippen molar-refractivity contribution in [3.05, 3.63) is 0 Å². The van der Waals surface area contributed by atoms with Gasteiger partial charge in [-0.25, -0.2) is 0 Å². The number of ether oxygens (including phenoxy) is 1. The average molecular weight is 257 g/mol. The summed E-state index contributed by atoms with van der Waals surface area (Å²) >= 11 is 0. The van der Waals surface area contributed by atoms with Crippen LogP contribution in [0.3, 0.4) is 0 Å². The van der Waals surface area contributed by atoms with Gasteiger partial charge in [0, 0.05) is 19.8 Å². The van der Waals surface area contributed by atoms with Crippen LogP contribution in [0.5, 0.6) is 0 Å². The van der Waals surface area contributed by atoms with Crippen molar-refractivity contribution in [3.63, 3.8) is 0 Å². The normalized spacial score (nSPS) is 17.8. The van der Waals surface area contributed by atoms with Gasteiger partial charge in [-0.05, 0) is 25.2 Å². The van der Waals surface area contributed by atoms with Crippen molar-refractivity contribution in [3.8, 4) is 0 Å². The van der Waals surface area contributed by atoms with Crippen LogP contribution >= 0.6 is 0 Å². The minimum absolute atomic E-state index is 0.0102. The molecule has 0 aliphatic heterocycles. The summed E-state index contributed by atoms with van der Waals surface area (Å²) < 4.78 is 5.41. The lowest BCUT2D eigenvalue weighted by molar-refractivity contribution is -0.124. The van der Waals surface area contributed by atoms with E-state index in [0.29, 0.717) is 31.9 Å². The van der Waals surface area contributed by atoms with Gasteiger partial charge in [-0.15, -0.1) is 0 Å². The van der Waals surface area contributed by atoms with Crippen molar-refractivity contribution >= 4 is 11.7 Å². The quantitative estimate of drug-likeness (QED) is 0.196. The predicted molar refractivity (Wildman–Crippen MR) is 68.4 cm³/mol. The van der Waals surface area contributed by atoms with E-state index in [0.717, 1.165) is 13.0 Å². The summed E-state index contributed by atoms with van der Waals surface area (Å²) in [4.78, 5) is 11.8. The van der Waals surface area contributed by atoms with Gasteiger partial charge in [0.25, 0.3) is 0 Å². The van der Waals surface area contributed by atoms with E-state index < -0.39 is 5.41 Å². The first kappa shape index (κ1) is 14.8. The van der Waals surface area contributed by atoms with Gasteiger partial charge in [0.15, 0.2) is 5.84 Å². The van der Waals surface area contributed by atoms with Crippen molar-refractivity contribution < 1.29 is 14.7 Å². The third kappa shape index (κ3) is 3.87. The van der Waals surface area contributed by atoms with E-state index in [9.17, 15) is 4.79 Å². The monoisotopic (exact) mass is 257 g/mol. The topological polar surface area (TPSA) is 96.9 Å². The second-order valence-corrected chi connectivity index (χ2v) is 5.15. The number of carbonyl (C=O) groups excluding carboxylic acids is 1. The zero-order valence-corrected chi connectivity index (χ0v) is 11.1. The van der Waals surface area contributed by atoms with Gasteiger partial charge in [0.05, 0.1) is 0 Å². The molecule has 6 nitrogen and oxygen atoms in total. The summed E-state index contributed by atoms with van der Waals surface area (Å²) in [5.74, 6) is 0.382. The van der Waals surface area contributed by atoms with Crippen LogP contribution < -0.4 is 11.1 Å². The maximum atomic E-state index is 11.8. The molecule has 1 amide bonds. The van der Waals surface area contributed by atoms with Crippen LogP contribution in [-0.4, -0.2) is 36.7 Å². The van der Waals surface area contributed by atoms with Crippen molar-refractivity contribution in [2.24, 2.45) is 22.2 Å². The Hall–Kier alpha value is -1.30. The van der Waals surface area contributed by atoms with E-state index >= 15 is 0 Å². The van der Waals surface area contributed by atoms with Crippen molar-refractivity contribution in [1.82, 2.24) is 5.32 Å². The molecule has 0 saturated heterocycles. The molecule has 0 aromatic heterocycles. The third-order valence-electron chi connectivity index (χ3n) is 2.98. The molecule has 0 heterocycles. The minimum atomic E-state index is -0.756. The molecule has 18 heavy (non-hydrogen) atoms. The molecule has 4 N–H and O–H groups in total. The SMILES string of the molecule is CC(C)COCCCNC(=O)C1(C(N)=NO)CC1. The maximum absolute atomic E-state index is 11.8. The van der Waals surface area contributed by atoms with Crippen LogP contribution in [0.2, 0.25) is 0 Å². The summed E-state index contributed by atoms with van der Waals surface area (Å²) in [5.41, 5.74) is 4.76. The third-order valence-corrected chi connectivity index (χ3v) is 2.98. The molecule has 0 radical (unpaired) electrons. The Morgan fingerprint density at radius 1 is 1.56 bits per heavy atom. The first-order valence-electron chi connectivity index (χ1n) is 6.37. The van der Waals surface area contributed by atoms with E-state index in [-0.39, 0.29) is 11.7 Å². The molecule has 0 spiro atoms. The number of nitrogens with one attached hydrogen (secondary N) is 1. The lowest BCUT2D eigenvalue weighted by Crippen LogP contribution is -2.41. The lowest BCUT2D eigenvalue weighted by Gasteiger charge is -2.13. The number of carbonyl (C=O) groups is 1. The standard InChI is InChI=1S/C12H23N3O3/c1-9(2)8-18-7-3-6-14-11(16)12(4-5-12)10(13)15-17/h9,17H,3-8H2,1-2H3,(H2,13,15)(H,14,16). The molecular formula is C12H23N3O3. The van der Waals surface area contributed by atoms with Crippen LogP contribution in [0.4, 0.5) is 0 Å². The number of amides is 1. The Kier molecular flexibility index (Phi) is 5.40. The summed E-state index contributed by atoms with van der Waals surface area (Å²) in [6.45, 7) is 6.11. The van der Waals surface area contributed by atoms with Gasteiger partial charge in [-0.3, -0.25) is 4.79 Å². The van der Waals surface area contributed by atoms with E-state index in [1.165, 1.54) is 0 Å². The molecule has 104 valence electrons. The molecule has 1 aliphatic rings. The van der Waals surface area contributed by atoms with Crippen molar-refractivity contribution in [2.75, 3.05) is 19.8 Å². The van der Waals surface area contributed by atoms with Crippen molar-refractivity contribution in [1.29, 1.82) is 0 Å². The van der Waals surface area contributed by atoms with Gasteiger partial charge in [0.1, 0.15) is 5.41 Å². The summed E-state index contributed by atoms with van der Waals surface area (Å²) in [7, 11) is 0. The van der Waals surface area contributed by atoms with Crippen molar-refractivity contribution in [2.45, 2.75) is 33.1 Å². The molecule has 0 atom stereocenters. The van der Waals surface area contributed by atoms with Gasteiger partial charge < -0.3 is 21.0 Å². The number of nitrogens with zero attached hydrogens (tertiary/aromatic N) is 1. The van der Waals surface area contributed by atoms with Crippen LogP contribution in [0.15, 0.2) is 5.16 Å². The first-order chi connectivity index (χ1) is 8.53. The fraction of sp³-hybridized carbons (Fsp3) is 0.833. The van der Waals surface area contributed by atoms with E-state index in [2.05, 4.69) is 24.3 Å². The molecule has 1 aliphatic carbocycles. The highest BCUT2D eigenvalue weighted by Crippen LogP contribution is 2.45. The summed E-state index contributed by atoms with van der Waals surface area (Å²) in [5, 5.41) is 14.3. The van der Waals surface area contributed by atoms with Gasteiger partial charge >= 0.3 is 0 Å². The molecule has 6 heteroatoms. The highest BCUT2D eigenvalue weighted by Gasteiger charge is 2.53. The fourth-order valence-corrected chi connectivity index (χ4v) is 1.68. The minimum Gasteiger partial charge on any atom is -0.409 e. The zero-order chi connectivity index (χ0) is 13.6. The Balaban J connectivity index is 2.15. The van der Waals surface area contributed by atoms with Crippen LogP contribution in [-0.2, 0) is 9.53 Å². The van der Waals surface area contributed by atoms with E-state index in [1.54, 1.807) is 0 Å². The lowest BCUT2D eigenvalue weighted by atomic mass is 10.1. The van der Waals surface area contributed by atoms with Crippen LogP contribution in [0.25, 0.3) is 0 Å². The first-order valence-corrected chi connectivity index (χ1v) is 6.37. The maximum Gasteiger partial charge on any atom is 0.233 e. The molecule has 1 saturated carbocycles. The number of oxime groups is 1. The zero-order valence-electron chi connectivity index (χ0n) is 11.1. The van der Waals surface area contributed by atoms with E-state index in [4.69, 9.17) is 15.7 Å². The van der Waals surface area contributed by atoms with Gasteiger partial charge in [-0.2, -0.15) is 0 Å². The summed E-state index contributed by atoms with van der Waals surface area (Å²) in [6, 6.07) is 0. The van der Waals surface area contributed by atoms with Crippen LogP contribution in [0, 0.1) is 11.3 Å². The number of hydrogen-bond acceptors (Lipinski definition) is 4. The molecule has 0 aromatic carbocycles. The Morgan fingerprint density at radius 3 is 2.72 bits per heavy atom. The fourth-order valence-electron chi connectivity index (χ4n) is 1.68. The molecule has 1 fully saturated rings. The summed E-state index contributed by atoms with van der Waals surface area (Å²) in [6.07, 6.45) is 2.07. The Labute approximate surface area is 108 Å². The Morgan fingerprint density at radius 2 is 2.22 bits per heavy atom. The molecular weight excluding hydrogens is 234 g/mol. The highest BCUT2D eigenvalue weighted by molar-refractivity contribution is 6.09. The van der Waals surface area contributed by atoms with Gasteiger partial charge in [-0.1, -0.05) is 19.0 Å². The molecule has 0 bridgehead atoms. The van der Waals surface area contributed by atoms with Gasteiger partial charge in [0.2, 0.25) is 5.91 Å². The second-order valence-electron chi connectivity index (χ2n) is 5.15. The number of hydrogen-bond donors (Lipinski definition) is 3. The molecule has 0 unspecified atom stereocenters.